The number of rotatable bonds is 4. The first-order chi connectivity index (χ1) is 7.06. The van der Waals surface area contributed by atoms with E-state index >= 15 is 0 Å². The number of amides is 1. The summed E-state index contributed by atoms with van der Waals surface area (Å²) in [7, 11) is 1.43. The summed E-state index contributed by atoms with van der Waals surface area (Å²) in [6, 6.07) is 0. The third kappa shape index (κ3) is 3.12. The average molecular weight is 220 g/mol. The Morgan fingerprint density at radius 1 is 1.53 bits per heavy atom. The Morgan fingerprint density at radius 3 is 2.73 bits per heavy atom. The molecule has 3 nitrogen and oxygen atoms in total. The first kappa shape index (κ1) is 12.4. The first-order valence-electron chi connectivity index (χ1n) is 5.29. The highest BCUT2D eigenvalue weighted by molar-refractivity contribution is 5.79. The van der Waals surface area contributed by atoms with E-state index < -0.39 is 13.0 Å². The molecule has 1 aliphatic rings. The highest BCUT2D eigenvalue weighted by Gasteiger charge is 2.34. The van der Waals surface area contributed by atoms with Crippen molar-refractivity contribution in [3.8, 4) is 0 Å². The van der Waals surface area contributed by atoms with E-state index in [9.17, 15) is 13.6 Å². The SMILES string of the molecule is CN(CC(F)F)C(=O)C1CCCC1CN. The van der Waals surface area contributed by atoms with E-state index in [0.717, 1.165) is 24.2 Å². The Bertz CT molecular complexity index is 223. The molecular weight excluding hydrogens is 202 g/mol. The van der Waals surface area contributed by atoms with Crippen molar-refractivity contribution in [2.45, 2.75) is 25.7 Å². The maximum atomic E-state index is 12.1. The Balaban J connectivity index is 2.51. The molecule has 0 radical (unpaired) electrons. The molecule has 2 N–H and O–H groups in total. The molecule has 1 aliphatic carbocycles. The van der Waals surface area contributed by atoms with E-state index in [1.165, 1.54) is 7.05 Å². The summed E-state index contributed by atoms with van der Waals surface area (Å²) < 4.78 is 24.2. The zero-order valence-corrected chi connectivity index (χ0v) is 8.96. The predicted octanol–water partition coefficient (Wildman–Crippen LogP) is 1.08. The van der Waals surface area contributed by atoms with Crippen LogP contribution in [0.3, 0.4) is 0 Å². The maximum Gasteiger partial charge on any atom is 0.255 e. The van der Waals surface area contributed by atoms with Crippen molar-refractivity contribution in [3.05, 3.63) is 0 Å². The van der Waals surface area contributed by atoms with Gasteiger partial charge in [-0.05, 0) is 25.3 Å². The predicted molar refractivity (Wildman–Crippen MR) is 53.5 cm³/mol. The van der Waals surface area contributed by atoms with Gasteiger partial charge in [0, 0.05) is 13.0 Å². The fraction of sp³-hybridized carbons (Fsp3) is 0.900. The fourth-order valence-electron chi connectivity index (χ4n) is 2.22. The van der Waals surface area contributed by atoms with E-state index in [0.29, 0.717) is 6.54 Å². The van der Waals surface area contributed by atoms with Crippen LogP contribution in [0.5, 0.6) is 0 Å². The summed E-state index contributed by atoms with van der Waals surface area (Å²) in [5, 5.41) is 0. The van der Waals surface area contributed by atoms with Crippen LogP contribution in [-0.2, 0) is 4.79 Å². The number of nitrogens with zero attached hydrogens (tertiary/aromatic N) is 1. The molecule has 0 saturated heterocycles. The lowest BCUT2D eigenvalue weighted by molar-refractivity contribution is -0.137. The van der Waals surface area contributed by atoms with E-state index in [2.05, 4.69) is 0 Å². The third-order valence-corrected chi connectivity index (χ3v) is 3.07. The van der Waals surface area contributed by atoms with Crippen LogP contribution in [0.1, 0.15) is 19.3 Å². The topological polar surface area (TPSA) is 46.3 Å². The lowest BCUT2D eigenvalue weighted by Gasteiger charge is -2.24. The van der Waals surface area contributed by atoms with Crippen LogP contribution in [0.4, 0.5) is 8.78 Å². The Kier molecular flexibility index (Phi) is 4.45. The molecule has 0 aliphatic heterocycles. The molecule has 0 bridgehead atoms. The van der Waals surface area contributed by atoms with Crippen molar-refractivity contribution in [1.29, 1.82) is 0 Å². The molecule has 1 amide bonds. The normalized spacial score (nSPS) is 25.9. The van der Waals surface area contributed by atoms with E-state index in [1.54, 1.807) is 0 Å². The van der Waals surface area contributed by atoms with Gasteiger partial charge in [0.1, 0.15) is 0 Å². The van der Waals surface area contributed by atoms with Crippen molar-refractivity contribution in [1.82, 2.24) is 4.90 Å². The summed E-state index contributed by atoms with van der Waals surface area (Å²) in [5.41, 5.74) is 5.54. The number of hydrogen-bond donors (Lipinski definition) is 1. The van der Waals surface area contributed by atoms with Crippen LogP contribution in [-0.4, -0.2) is 37.4 Å². The van der Waals surface area contributed by atoms with Gasteiger partial charge in [-0.3, -0.25) is 4.79 Å². The highest BCUT2D eigenvalue weighted by atomic mass is 19.3. The lowest BCUT2D eigenvalue weighted by Crippen LogP contribution is -2.38. The van der Waals surface area contributed by atoms with Crippen molar-refractivity contribution in [2.75, 3.05) is 20.1 Å². The van der Waals surface area contributed by atoms with Crippen LogP contribution in [0.2, 0.25) is 0 Å². The minimum atomic E-state index is -2.46. The van der Waals surface area contributed by atoms with Gasteiger partial charge in [-0.1, -0.05) is 6.42 Å². The second-order valence-corrected chi connectivity index (χ2v) is 4.14. The summed E-state index contributed by atoms with van der Waals surface area (Å²) in [4.78, 5) is 12.9. The van der Waals surface area contributed by atoms with Crippen molar-refractivity contribution in [3.63, 3.8) is 0 Å². The van der Waals surface area contributed by atoms with Crippen molar-refractivity contribution < 1.29 is 13.6 Å². The quantitative estimate of drug-likeness (QED) is 0.770. The highest BCUT2D eigenvalue weighted by Crippen LogP contribution is 2.32. The number of alkyl halides is 2. The van der Waals surface area contributed by atoms with Crippen molar-refractivity contribution >= 4 is 5.91 Å². The van der Waals surface area contributed by atoms with E-state index in [4.69, 9.17) is 5.73 Å². The Hall–Kier alpha value is -0.710. The molecule has 1 rings (SSSR count). The minimum absolute atomic E-state index is 0.140. The van der Waals surface area contributed by atoms with E-state index in [-0.39, 0.29) is 17.7 Å². The molecule has 2 atom stereocenters. The smallest absolute Gasteiger partial charge is 0.255 e. The van der Waals surface area contributed by atoms with Gasteiger partial charge in [-0.25, -0.2) is 8.78 Å². The minimum Gasteiger partial charge on any atom is -0.340 e. The van der Waals surface area contributed by atoms with E-state index in [1.807, 2.05) is 0 Å². The van der Waals surface area contributed by atoms with Crippen LogP contribution in [0.15, 0.2) is 0 Å². The number of carbonyl (C=O) groups excluding carboxylic acids is 1. The second-order valence-electron chi connectivity index (χ2n) is 4.14. The van der Waals surface area contributed by atoms with Crippen molar-refractivity contribution in [2.24, 2.45) is 17.6 Å². The largest absolute Gasteiger partial charge is 0.340 e. The molecule has 0 aromatic heterocycles. The molecular formula is C10H18F2N2O. The number of hydrogen-bond acceptors (Lipinski definition) is 2. The summed E-state index contributed by atoms with van der Waals surface area (Å²) in [5.74, 6) is -0.139. The molecule has 2 unspecified atom stereocenters. The number of carbonyl (C=O) groups is 1. The zero-order chi connectivity index (χ0) is 11.4. The van der Waals surface area contributed by atoms with Gasteiger partial charge in [-0.2, -0.15) is 0 Å². The van der Waals surface area contributed by atoms with Gasteiger partial charge < -0.3 is 10.6 Å². The van der Waals surface area contributed by atoms with Gasteiger partial charge in [0.05, 0.1) is 6.54 Å². The molecule has 1 saturated carbocycles. The fourth-order valence-corrected chi connectivity index (χ4v) is 2.22. The molecule has 0 aromatic carbocycles. The van der Waals surface area contributed by atoms with Crippen LogP contribution in [0, 0.1) is 11.8 Å². The van der Waals surface area contributed by atoms with Gasteiger partial charge in [0.2, 0.25) is 5.91 Å². The van der Waals surface area contributed by atoms with Crippen LogP contribution in [0.25, 0.3) is 0 Å². The van der Waals surface area contributed by atoms with Crippen LogP contribution < -0.4 is 5.73 Å². The standard InChI is InChI=1S/C10H18F2N2O/c1-14(6-9(11)12)10(15)8-4-2-3-7(8)5-13/h7-9H,2-6,13H2,1H3. The molecule has 0 heterocycles. The first-order valence-corrected chi connectivity index (χ1v) is 5.29. The summed E-state index contributed by atoms with van der Waals surface area (Å²) >= 11 is 0. The summed E-state index contributed by atoms with van der Waals surface area (Å²) in [6.07, 6.45) is 0.237. The zero-order valence-electron chi connectivity index (χ0n) is 8.96. The van der Waals surface area contributed by atoms with Gasteiger partial charge in [-0.15, -0.1) is 0 Å². The molecule has 0 spiro atoms. The maximum absolute atomic E-state index is 12.1. The molecule has 0 aromatic rings. The molecule has 15 heavy (non-hydrogen) atoms. The number of halogens is 2. The third-order valence-electron chi connectivity index (χ3n) is 3.07. The monoisotopic (exact) mass is 220 g/mol. The second kappa shape index (κ2) is 5.39. The average Bonchev–Trinajstić information content (AvgIpc) is 2.62. The Labute approximate surface area is 88.6 Å². The van der Waals surface area contributed by atoms with Gasteiger partial charge >= 0.3 is 0 Å². The van der Waals surface area contributed by atoms with Gasteiger partial charge in [0.25, 0.3) is 6.43 Å². The lowest BCUT2D eigenvalue weighted by atomic mass is 9.95. The number of nitrogens with two attached hydrogens (primary N) is 1. The molecule has 1 fully saturated rings. The molecule has 88 valence electrons. The molecule has 5 heteroatoms. The Morgan fingerprint density at radius 2 is 2.20 bits per heavy atom. The van der Waals surface area contributed by atoms with Gasteiger partial charge in [0.15, 0.2) is 0 Å². The van der Waals surface area contributed by atoms with Crippen LogP contribution >= 0.6 is 0 Å². The summed E-state index contributed by atoms with van der Waals surface area (Å²) in [6.45, 7) is -0.00838.